The third-order valence-electron chi connectivity index (χ3n) is 2.06. The third kappa shape index (κ3) is 1.77. The molecule has 5 nitrogen and oxygen atoms in total. The number of benzene rings is 1. The summed E-state index contributed by atoms with van der Waals surface area (Å²) in [5, 5.41) is 16.1. The molecule has 0 saturated carbocycles. The topological polar surface area (TPSA) is 68.0 Å². The van der Waals surface area contributed by atoms with Crippen LogP contribution in [0.15, 0.2) is 24.4 Å². The second kappa shape index (κ2) is 3.73. The van der Waals surface area contributed by atoms with Gasteiger partial charge in [-0.25, -0.2) is 4.79 Å². The lowest BCUT2D eigenvalue weighted by molar-refractivity contribution is 0.0696. The summed E-state index contributed by atoms with van der Waals surface area (Å²) in [6, 6.07) is 4.74. The highest BCUT2D eigenvalue weighted by atomic mass is 19.1. The number of rotatable bonds is 2. The molecule has 16 heavy (non-hydrogen) atoms. The highest BCUT2D eigenvalue weighted by Crippen LogP contribution is 2.15. The van der Waals surface area contributed by atoms with Crippen LogP contribution < -0.4 is 0 Å². The molecule has 2 aromatic rings. The Bertz CT molecular complexity index is 551. The smallest absolute Gasteiger partial charge is 0.337 e. The minimum absolute atomic E-state index is 0.0376. The Balaban J connectivity index is 2.60. The Kier molecular flexibility index (Phi) is 2.40. The summed E-state index contributed by atoms with van der Waals surface area (Å²) < 4.78 is 12.7. The standard InChI is InChI=1S/C10H8FN3O2/c1-6-2-3-8(7(4-6)10(15)16)14-12-5-9(11)13-14/h2-5H,1H3,(H,15,16). The summed E-state index contributed by atoms with van der Waals surface area (Å²) in [6.45, 7) is 1.77. The van der Waals surface area contributed by atoms with E-state index in [-0.39, 0.29) is 11.3 Å². The fourth-order valence-electron chi connectivity index (χ4n) is 1.36. The molecule has 2 rings (SSSR count). The van der Waals surface area contributed by atoms with Gasteiger partial charge in [-0.2, -0.15) is 9.49 Å². The highest BCUT2D eigenvalue weighted by Gasteiger charge is 2.13. The highest BCUT2D eigenvalue weighted by molar-refractivity contribution is 5.92. The molecule has 0 amide bonds. The van der Waals surface area contributed by atoms with Crippen LogP contribution in [0.5, 0.6) is 0 Å². The average molecular weight is 221 g/mol. The van der Waals surface area contributed by atoms with E-state index in [0.29, 0.717) is 0 Å². The Labute approximate surface area is 90.1 Å². The third-order valence-corrected chi connectivity index (χ3v) is 2.06. The maximum absolute atomic E-state index is 12.7. The molecule has 1 heterocycles. The molecule has 82 valence electrons. The van der Waals surface area contributed by atoms with Gasteiger partial charge in [-0.15, -0.1) is 9.90 Å². The fourth-order valence-corrected chi connectivity index (χ4v) is 1.36. The lowest BCUT2D eigenvalue weighted by Crippen LogP contribution is -2.08. The molecule has 0 aliphatic carbocycles. The molecule has 6 heteroatoms. The number of carboxylic acid groups (broad SMARTS) is 1. The van der Waals surface area contributed by atoms with Gasteiger partial charge in [-0.1, -0.05) is 11.6 Å². The second-order valence-electron chi connectivity index (χ2n) is 3.28. The predicted octanol–water partition coefficient (Wildman–Crippen LogP) is 1.41. The first-order chi connectivity index (χ1) is 7.58. The van der Waals surface area contributed by atoms with Crippen molar-refractivity contribution < 1.29 is 14.3 Å². The maximum atomic E-state index is 12.7. The molecule has 0 saturated heterocycles. The number of aromatic carboxylic acids is 1. The first-order valence-electron chi connectivity index (χ1n) is 4.50. The average Bonchev–Trinajstić information content (AvgIpc) is 2.64. The minimum Gasteiger partial charge on any atom is -0.478 e. The van der Waals surface area contributed by atoms with Crippen molar-refractivity contribution in [2.75, 3.05) is 0 Å². The summed E-state index contributed by atoms with van der Waals surface area (Å²) in [4.78, 5) is 11.9. The summed E-state index contributed by atoms with van der Waals surface area (Å²) in [5.74, 6) is -1.85. The molecular weight excluding hydrogens is 213 g/mol. The molecule has 0 aliphatic rings. The van der Waals surface area contributed by atoms with Gasteiger partial charge in [0.1, 0.15) is 11.9 Å². The van der Waals surface area contributed by atoms with Crippen molar-refractivity contribution in [2.24, 2.45) is 0 Å². The Morgan fingerprint density at radius 3 is 2.81 bits per heavy atom. The van der Waals surface area contributed by atoms with Crippen LogP contribution >= 0.6 is 0 Å². The molecule has 1 aromatic carbocycles. The first kappa shape index (κ1) is 10.3. The van der Waals surface area contributed by atoms with Crippen molar-refractivity contribution in [1.82, 2.24) is 15.0 Å². The lowest BCUT2D eigenvalue weighted by atomic mass is 10.1. The Morgan fingerprint density at radius 1 is 1.50 bits per heavy atom. The number of hydrogen-bond acceptors (Lipinski definition) is 3. The van der Waals surface area contributed by atoms with Gasteiger partial charge in [0.15, 0.2) is 0 Å². The molecular formula is C10H8FN3O2. The van der Waals surface area contributed by atoms with Crippen LogP contribution in [0.3, 0.4) is 0 Å². The van der Waals surface area contributed by atoms with Gasteiger partial charge in [0.2, 0.25) is 0 Å². The number of aryl methyl sites for hydroxylation is 1. The van der Waals surface area contributed by atoms with Crippen LogP contribution in [0.25, 0.3) is 5.69 Å². The molecule has 0 bridgehead atoms. The quantitative estimate of drug-likeness (QED) is 0.832. The molecule has 0 spiro atoms. The molecule has 1 N–H and O–H groups in total. The Hall–Kier alpha value is -2.24. The van der Waals surface area contributed by atoms with Crippen molar-refractivity contribution in [3.05, 3.63) is 41.5 Å². The van der Waals surface area contributed by atoms with Crippen LogP contribution in [0.4, 0.5) is 4.39 Å². The van der Waals surface area contributed by atoms with E-state index < -0.39 is 11.9 Å². The SMILES string of the molecule is Cc1ccc(-n2ncc(F)n2)c(C(=O)O)c1. The predicted molar refractivity (Wildman–Crippen MR) is 53.0 cm³/mol. The van der Waals surface area contributed by atoms with E-state index in [1.165, 1.54) is 12.1 Å². The molecule has 0 fully saturated rings. The van der Waals surface area contributed by atoms with Gasteiger partial charge in [-0.05, 0) is 19.1 Å². The van der Waals surface area contributed by atoms with Crippen LogP contribution in [-0.2, 0) is 0 Å². The molecule has 0 unspecified atom stereocenters. The van der Waals surface area contributed by atoms with E-state index in [1.54, 1.807) is 13.0 Å². The fraction of sp³-hybridized carbons (Fsp3) is 0.100. The van der Waals surface area contributed by atoms with E-state index in [4.69, 9.17) is 5.11 Å². The van der Waals surface area contributed by atoms with Crippen molar-refractivity contribution in [3.8, 4) is 5.69 Å². The van der Waals surface area contributed by atoms with E-state index in [0.717, 1.165) is 16.6 Å². The molecule has 0 atom stereocenters. The number of carboxylic acids is 1. The number of aromatic nitrogens is 3. The minimum atomic E-state index is -1.10. The molecule has 0 radical (unpaired) electrons. The van der Waals surface area contributed by atoms with Crippen LogP contribution in [0.1, 0.15) is 15.9 Å². The van der Waals surface area contributed by atoms with Gasteiger partial charge in [-0.3, -0.25) is 0 Å². The lowest BCUT2D eigenvalue weighted by Gasteiger charge is -2.05. The summed E-state index contributed by atoms with van der Waals surface area (Å²) in [7, 11) is 0. The van der Waals surface area contributed by atoms with E-state index in [9.17, 15) is 9.18 Å². The normalized spacial score (nSPS) is 10.4. The van der Waals surface area contributed by atoms with Gasteiger partial charge in [0, 0.05) is 0 Å². The van der Waals surface area contributed by atoms with Gasteiger partial charge in [0.05, 0.1) is 5.56 Å². The van der Waals surface area contributed by atoms with Gasteiger partial charge in [0.25, 0.3) is 5.95 Å². The number of halogens is 1. The van der Waals surface area contributed by atoms with Crippen LogP contribution in [0.2, 0.25) is 0 Å². The largest absolute Gasteiger partial charge is 0.478 e. The van der Waals surface area contributed by atoms with Crippen molar-refractivity contribution in [2.45, 2.75) is 6.92 Å². The molecule has 0 aliphatic heterocycles. The molecule has 1 aromatic heterocycles. The zero-order valence-electron chi connectivity index (χ0n) is 8.38. The van der Waals surface area contributed by atoms with Crippen molar-refractivity contribution in [3.63, 3.8) is 0 Å². The number of hydrogen-bond donors (Lipinski definition) is 1. The number of carbonyl (C=O) groups is 1. The van der Waals surface area contributed by atoms with Crippen LogP contribution in [0, 0.1) is 12.9 Å². The van der Waals surface area contributed by atoms with E-state index >= 15 is 0 Å². The van der Waals surface area contributed by atoms with Crippen molar-refractivity contribution >= 4 is 5.97 Å². The van der Waals surface area contributed by atoms with Crippen LogP contribution in [-0.4, -0.2) is 26.1 Å². The zero-order valence-corrected chi connectivity index (χ0v) is 8.38. The Morgan fingerprint density at radius 2 is 2.25 bits per heavy atom. The first-order valence-corrected chi connectivity index (χ1v) is 4.50. The van der Waals surface area contributed by atoms with Gasteiger partial charge >= 0.3 is 5.97 Å². The monoisotopic (exact) mass is 221 g/mol. The van der Waals surface area contributed by atoms with E-state index in [1.807, 2.05) is 0 Å². The summed E-state index contributed by atoms with van der Waals surface area (Å²) in [5.41, 5.74) is 1.08. The maximum Gasteiger partial charge on any atom is 0.337 e. The van der Waals surface area contributed by atoms with Gasteiger partial charge < -0.3 is 5.11 Å². The van der Waals surface area contributed by atoms with E-state index in [2.05, 4.69) is 10.2 Å². The number of nitrogens with zero attached hydrogens (tertiary/aromatic N) is 3. The summed E-state index contributed by atoms with van der Waals surface area (Å²) >= 11 is 0. The summed E-state index contributed by atoms with van der Waals surface area (Å²) in [6.07, 6.45) is 0.922. The van der Waals surface area contributed by atoms with Crippen molar-refractivity contribution in [1.29, 1.82) is 0 Å². The second-order valence-corrected chi connectivity index (χ2v) is 3.28. The zero-order chi connectivity index (χ0) is 11.7.